The van der Waals surface area contributed by atoms with Crippen molar-refractivity contribution >= 4 is 55.1 Å². The molecule has 0 aliphatic heterocycles. The Bertz CT molecular complexity index is 1180. The van der Waals surface area contributed by atoms with Crippen molar-refractivity contribution in [2.24, 2.45) is 0 Å². The minimum absolute atomic E-state index is 0. The predicted octanol–water partition coefficient (Wildman–Crippen LogP) is 1.07. The summed E-state index contributed by atoms with van der Waals surface area (Å²) in [6.07, 6.45) is 3.66. The van der Waals surface area contributed by atoms with Crippen LogP contribution in [0.4, 0.5) is 10.9 Å². The zero-order valence-corrected chi connectivity index (χ0v) is 20.4. The van der Waals surface area contributed by atoms with Crippen LogP contribution in [-0.2, 0) is 11.2 Å². The van der Waals surface area contributed by atoms with E-state index in [2.05, 4.69) is 36.2 Å². The summed E-state index contributed by atoms with van der Waals surface area (Å²) in [6, 6.07) is 11.3. The maximum atomic E-state index is 10.6. The molecule has 0 fully saturated rings. The van der Waals surface area contributed by atoms with Crippen LogP contribution in [0.5, 0.6) is 11.5 Å². The second kappa shape index (κ2) is 10.3. The molecule has 4 aromatic rings. The number of pyridine rings is 2. The number of aryl methyl sites for hydroxylation is 1. The molecule has 0 aliphatic rings. The number of nitrogens with zero attached hydrogens (tertiary/aromatic N) is 3. The Kier molecular flexibility index (Phi) is 7.79. The van der Waals surface area contributed by atoms with E-state index in [1.807, 2.05) is 35.7 Å². The van der Waals surface area contributed by atoms with Gasteiger partial charge in [0.15, 0.2) is 5.13 Å². The average molecular weight is 493 g/mol. The van der Waals surface area contributed by atoms with E-state index in [0.717, 1.165) is 10.9 Å². The Labute approximate surface area is 207 Å². The minimum atomic E-state index is -1.09. The number of halogens is 1. The van der Waals surface area contributed by atoms with Crippen LogP contribution in [0.2, 0.25) is 0 Å². The molecule has 0 radical (unpaired) electrons. The van der Waals surface area contributed by atoms with Gasteiger partial charge in [0, 0.05) is 35.2 Å². The van der Waals surface area contributed by atoms with E-state index in [-0.39, 0.29) is 36.0 Å². The van der Waals surface area contributed by atoms with Gasteiger partial charge >= 0.3 is 29.6 Å². The van der Waals surface area contributed by atoms with Crippen LogP contribution in [-0.4, -0.2) is 20.9 Å². The van der Waals surface area contributed by atoms with Gasteiger partial charge in [0.25, 0.3) is 0 Å². The fourth-order valence-corrected chi connectivity index (χ4v) is 3.72. The summed E-state index contributed by atoms with van der Waals surface area (Å²) in [5.41, 5.74) is 1.54. The van der Waals surface area contributed by atoms with Crippen molar-refractivity contribution in [2.75, 3.05) is 5.32 Å². The molecule has 0 unspecified atom stereocenters. The van der Waals surface area contributed by atoms with Crippen molar-refractivity contribution in [3.8, 4) is 11.5 Å². The first kappa shape index (κ1) is 22.6. The van der Waals surface area contributed by atoms with E-state index in [4.69, 9.17) is 4.74 Å². The van der Waals surface area contributed by atoms with Gasteiger partial charge in [-0.25, -0.2) is 9.97 Å². The van der Waals surface area contributed by atoms with E-state index >= 15 is 0 Å². The number of hydrogen-bond acceptors (Lipinski definition) is 8. The van der Waals surface area contributed by atoms with Crippen molar-refractivity contribution in [1.29, 1.82) is 0 Å². The summed E-state index contributed by atoms with van der Waals surface area (Å²) >= 11 is 4.85. The molecule has 0 atom stereocenters. The molecule has 0 saturated heterocycles. The number of fused-ring (bicyclic) bond motifs is 1. The summed E-state index contributed by atoms with van der Waals surface area (Å²) in [5, 5.41) is 17.0. The Balaban J connectivity index is 0.00000256. The van der Waals surface area contributed by atoms with Gasteiger partial charge < -0.3 is 20.0 Å². The number of carbonyl (C=O) groups is 1. The normalized spacial score (nSPS) is 10.4. The second-order valence-corrected chi connectivity index (χ2v) is 7.78. The molecule has 0 aliphatic carbocycles. The van der Waals surface area contributed by atoms with Crippen molar-refractivity contribution in [3.63, 3.8) is 0 Å². The van der Waals surface area contributed by atoms with Crippen LogP contribution >= 0.6 is 27.3 Å². The van der Waals surface area contributed by atoms with Crippen LogP contribution < -0.4 is 44.7 Å². The molecule has 0 saturated carbocycles. The van der Waals surface area contributed by atoms with Crippen LogP contribution in [0.15, 0.2) is 58.6 Å². The summed E-state index contributed by atoms with van der Waals surface area (Å²) in [5.74, 6) is 0.745. The number of ether oxygens (including phenoxy) is 1. The van der Waals surface area contributed by atoms with E-state index in [1.165, 1.54) is 11.3 Å². The van der Waals surface area contributed by atoms with Gasteiger partial charge in [-0.2, -0.15) is 0 Å². The summed E-state index contributed by atoms with van der Waals surface area (Å²) < 4.78 is 6.82. The number of nitrogens with one attached hydrogen (secondary N) is 1. The third-order valence-corrected chi connectivity index (χ3v) is 5.42. The van der Waals surface area contributed by atoms with Crippen LogP contribution in [0, 0.1) is 0 Å². The Morgan fingerprint density at radius 1 is 1.20 bits per heavy atom. The third-order valence-electron chi connectivity index (χ3n) is 4.02. The van der Waals surface area contributed by atoms with E-state index in [0.29, 0.717) is 39.0 Å². The molecule has 4 rings (SSSR count). The largest absolute Gasteiger partial charge is 1.00 e. The number of anilines is 2. The number of rotatable bonds is 7. The van der Waals surface area contributed by atoms with Crippen LogP contribution in [0.3, 0.4) is 0 Å². The molecule has 0 spiro atoms. The number of carboxylic acid groups (broad SMARTS) is 1. The monoisotopic (exact) mass is 492 g/mol. The quantitative estimate of drug-likeness (QED) is 0.385. The molecule has 146 valence electrons. The zero-order valence-electron chi connectivity index (χ0n) is 16.0. The number of carbonyl (C=O) groups excluding carboxylic acids is 1. The van der Waals surface area contributed by atoms with Crippen molar-refractivity contribution in [2.45, 2.75) is 12.8 Å². The first-order chi connectivity index (χ1) is 14.1. The predicted molar refractivity (Wildman–Crippen MR) is 112 cm³/mol. The zero-order chi connectivity index (χ0) is 20.2. The van der Waals surface area contributed by atoms with E-state index in [9.17, 15) is 9.90 Å². The molecule has 0 bridgehead atoms. The number of carboxylic acids is 1. The second-order valence-electron chi connectivity index (χ2n) is 6.07. The maximum absolute atomic E-state index is 10.6. The molecule has 0 amide bonds. The van der Waals surface area contributed by atoms with Gasteiger partial charge in [-0.15, -0.1) is 11.3 Å². The number of hydrogen-bond donors (Lipinski definition) is 1. The molecule has 7 nitrogen and oxygen atoms in total. The molecule has 1 aromatic carbocycles. The molecular weight excluding hydrogens is 479 g/mol. The summed E-state index contributed by atoms with van der Waals surface area (Å²) in [7, 11) is 0. The standard InChI is InChI=1S/C20H15BrN4O3S.Na/c21-14-10-23-18(25-20-24-12(11-29-20)6-7-19(26)27)9-17(14)28-16-5-1-4-15-13(16)3-2-8-22-15;/h1-5,8-11H,6-7H2,(H,26,27)(H,23,24,25);/q;+1/p-1. The average Bonchev–Trinajstić information content (AvgIpc) is 3.16. The van der Waals surface area contributed by atoms with Gasteiger partial charge in [0.2, 0.25) is 0 Å². The Hall–Kier alpha value is -2.04. The van der Waals surface area contributed by atoms with E-state index in [1.54, 1.807) is 18.5 Å². The van der Waals surface area contributed by atoms with Gasteiger partial charge in [-0.05, 0) is 53.0 Å². The van der Waals surface area contributed by atoms with Crippen molar-refractivity contribution < 1.29 is 44.2 Å². The van der Waals surface area contributed by atoms with Crippen molar-refractivity contribution in [3.05, 3.63) is 64.3 Å². The van der Waals surface area contributed by atoms with Crippen LogP contribution in [0.1, 0.15) is 12.1 Å². The smallest absolute Gasteiger partial charge is 0.550 e. The topological polar surface area (TPSA) is 100 Å². The first-order valence-corrected chi connectivity index (χ1v) is 10.3. The molecule has 1 N–H and O–H groups in total. The number of benzene rings is 1. The SMILES string of the molecule is O=C([O-])CCc1csc(Nc2cc(Oc3cccc4ncccc34)c(Br)cn2)n1.[Na+]. The summed E-state index contributed by atoms with van der Waals surface area (Å²) in [6.45, 7) is 0. The van der Waals surface area contributed by atoms with Gasteiger partial charge in [-0.1, -0.05) is 6.07 Å². The maximum Gasteiger partial charge on any atom is 1.00 e. The molecule has 3 heterocycles. The Morgan fingerprint density at radius 2 is 2.07 bits per heavy atom. The number of aliphatic carboxylic acids is 1. The minimum Gasteiger partial charge on any atom is -0.550 e. The van der Waals surface area contributed by atoms with Crippen molar-refractivity contribution in [1.82, 2.24) is 15.0 Å². The summed E-state index contributed by atoms with van der Waals surface area (Å²) in [4.78, 5) is 23.6. The number of thiazole rings is 1. The molecule has 30 heavy (non-hydrogen) atoms. The van der Waals surface area contributed by atoms with Gasteiger partial charge in [0.1, 0.15) is 17.3 Å². The third kappa shape index (κ3) is 5.55. The fraction of sp³-hybridized carbons (Fsp3) is 0.100. The van der Waals surface area contributed by atoms with Gasteiger partial charge in [-0.3, -0.25) is 4.98 Å². The van der Waals surface area contributed by atoms with Gasteiger partial charge in [0.05, 0.1) is 15.7 Å². The van der Waals surface area contributed by atoms with Crippen LogP contribution in [0.25, 0.3) is 10.9 Å². The molecular formula is C20H14BrN4NaO3S. The van der Waals surface area contributed by atoms with E-state index < -0.39 is 5.97 Å². The molecule has 10 heteroatoms. The molecule has 3 aromatic heterocycles. The number of aromatic nitrogens is 3. The fourth-order valence-electron chi connectivity index (χ4n) is 2.67. The Morgan fingerprint density at radius 3 is 2.90 bits per heavy atom. The first-order valence-electron chi connectivity index (χ1n) is 8.67.